The van der Waals surface area contributed by atoms with Crippen LogP contribution in [0.3, 0.4) is 0 Å². The molecule has 1 heterocycles. The number of ether oxygens (including phenoxy) is 3. The lowest BCUT2D eigenvalue weighted by molar-refractivity contribution is -0.875. The summed E-state index contributed by atoms with van der Waals surface area (Å²) in [5.74, 6) is 1.68. The van der Waals surface area contributed by atoms with Gasteiger partial charge in [-0.15, -0.1) is 6.42 Å². The fraction of sp³-hybridized carbons (Fsp3) is 0.714. The molecule has 1 fully saturated rings. The zero-order valence-corrected chi connectivity index (χ0v) is 12.3. The molecule has 6 heteroatoms. The topological polar surface area (TPSA) is 61.8 Å². The molecule has 0 spiro atoms. The highest BCUT2D eigenvalue weighted by Crippen LogP contribution is 2.19. The average molecular weight is 284 g/mol. The first kappa shape index (κ1) is 16.5. The molecule has 0 N–H and O–H groups in total. The lowest BCUT2D eigenvalue weighted by atomic mass is 10.1. The van der Waals surface area contributed by atoms with Gasteiger partial charge >= 0.3 is 11.9 Å². The molecule has 0 aromatic carbocycles. The molecular weight excluding hydrogens is 262 g/mol. The van der Waals surface area contributed by atoms with Crippen LogP contribution in [0.1, 0.15) is 19.8 Å². The molecule has 0 aromatic heterocycles. The maximum Gasteiger partial charge on any atom is 0.364 e. The van der Waals surface area contributed by atoms with Crippen molar-refractivity contribution in [3.05, 3.63) is 0 Å². The van der Waals surface area contributed by atoms with Gasteiger partial charge in [0.25, 0.3) is 0 Å². The van der Waals surface area contributed by atoms with E-state index in [1.165, 1.54) is 6.92 Å². The van der Waals surface area contributed by atoms with E-state index >= 15 is 0 Å². The molecule has 2 atom stereocenters. The van der Waals surface area contributed by atoms with Crippen LogP contribution in [0.5, 0.6) is 0 Å². The summed E-state index contributed by atoms with van der Waals surface area (Å²) >= 11 is 0. The van der Waals surface area contributed by atoms with Crippen LogP contribution in [0.4, 0.5) is 0 Å². The van der Waals surface area contributed by atoms with Crippen molar-refractivity contribution in [2.75, 3.05) is 33.8 Å². The average Bonchev–Trinajstić information content (AvgIpc) is 2.29. The Morgan fingerprint density at radius 2 is 2.10 bits per heavy atom. The Balaban J connectivity index is 2.54. The Hall–Kier alpha value is -1.58. The standard InChI is InChI=1S/C14H22NO5/c1-5-8-15(3,4)10-13(17)20-14-12(19-11(2)16)7-6-9-18-14/h1,12,14H,6-10H2,2-4H3/q+1. The molecule has 1 saturated heterocycles. The molecule has 6 nitrogen and oxygen atoms in total. The number of likely N-dealkylation sites (N-methyl/N-ethyl adjacent to an activating group) is 1. The molecule has 1 rings (SSSR count). The fourth-order valence-corrected chi connectivity index (χ4v) is 1.98. The molecule has 0 aliphatic carbocycles. The van der Waals surface area contributed by atoms with Crippen LogP contribution in [0.2, 0.25) is 0 Å². The largest absolute Gasteiger partial charge is 0.456 e. The Bertz CT molecular complexity index is 399. The van der Waals surface area contributed by atoms with Crippen molar-refractivity contribution in [2.24, 2.45) is 0 Å². The number of rotatable bonds is 5. The minimum atomic E-state index is -0.828. The minimum Gasteiger partial charge on any atom is -0.456 e. The second-order valence-electron chi connectivity index (χ2n) is 5.48. The van der Waals surface area contributed by atoms with Gasteiger partial charge in [0.15, 0.2) is 12.6 Å². The van der Waals surface area contributed by atoms with Crippen LogP contribution < -0.4 is 0 Å². The summed E-state index contributed by atoms with van der Waals surface area (Å²) in [5, 5.41) is 0. The molecule has 2 unspecified atom stereocenters. The van der Waals surface area contributed by atoms with E-state index in [2.05, 4.69) is 5.92 Å². The van der Waals surface area contributed by atoms with Gasteiger partial charge in [0, 0.05) is 6.92 Å². The SMILES string of the molecule is C#CC[N+](C)(C)CC(=O)OC1OCCCC1OC(C)=O. The Kier molecular flexibility index (Phi) is 5.99. The lowest BCUT2D eigenvalue weighted by Gasteiger charge is -2.32. The summed E-state index contributed by atoms with van der Waals surface area (Å²) in [6.45, 7) is 2.36. The Labute approximate surface area is 119 Å². The van der Waals surface area contributed by atoms with Gasteiger partial charge in [0.05, 0.1) is 20.7 Å². The van der Waals surface area contributed by atoms with Crippen LogP contribution in [-0.4, -0.2) is 62.6 Å². The minimum absolute atomic E-state index is 0.136. The van der Waals surface area contributed by atoms with Gasteiger partial charge in [-0.05, 0) is 18.8 Å². The molecule has 1 aliphatic heterocycles. The zero-order chi connectivity index (χ0) is 15.2. The van der Waals surface area contributed by atoms with Crippen molar-refractivity contribution in [3.63, 3.8) is 0 Å². The van der Waals surface area contributed by atoms with E-state index in [0.29, 0.717) is 24.1 Å². The van der Waals surface area contributed by atoms with E-state index in [1.807, 2.05) is 14.1 Å². The van der Waals surface area contributed by atoms with E-state index < -0.39 is 24.3 Å². The summed E-state index contributed by atoms with van der Waals surface area (Å²) < 4.78 is 16.1. The van der Waals surface area contributed by atoms with Gasteiger partial charge in [-0.2, -0.15) is 0 Å². The zero-order valence-electron chi connectivity index (χ0n) is 12.3. The summed E-state index contributed by atoms with van der Waals surface area (Å²) in [4.78, 5) is 22.9. The second-order valence-corrected chi connectivity index (χ2v) is 5.48. The van der Waals surface area contributed by atoms with Gasteiger partial charge in [0.1, 0.15) is 6.54 Å². The highest BCUT2D eigenvalue weighted by atomic mass is 16.7. The van der Waals surface area contributed by atoms with Crippen LogP contribution in [0.25, 0.3) is 0 Å². The third-order valence-corrected chi connectivity index (χ3v) is 2.86. The number of terminal acetylenes is 1. The summed E-state index contributed by atoms with van der Waals surface area (Å²) in [6, 6.07) is 0. The van der Waals surface area contributed by atoms with E-state index in [0.717, 1.165) is 6.42 Å². The molecule has 1 aliphatic rings. The van der Waals surface area contributed by atoms with Gasteiger partial charge < -0.3 is 18.7 Å². The molecular formula is C14H22NO5+. The van der Waals surface area contributed by atoms with Gasteiger partial charge in [-0.1, -0.05) is 0 Å². The summed E-state index contributed by atoms with van der Waals surface area (Å²) in [5.41, 5.74) is 0. The number of esters is 2. The van der Waals surface area contributed by atoms with E-state index in [-0.39, 0.29) is 6.54 Å². The predicted molar refractivity (Wildman–Crippen MR) is 71.3 cm³/mol. The fourth-order valence-electron chi connectivity index (χ4n) is 1.98. The predicted octanol–water partition coefficient (Wildman–Crippen LogP) is 0.307. The number of carbonyl (C=O) groups is 2. The number of carbonyl (C=O) groups excluding carboxylic acids is 2. The third kappa shape index (κ3) is 5.59. The van der Waals surface area contributed by atoms with Crippen molar-refractivity contribution in [1.82, 2.24) is 0 Å². The van der Waals surface area contributed by atoms with Crippen LogP contribution in [-0.2, 0) is 23.8 Å². The maximum atomic E-state index is 11.9. The van der Waals surface area contributed by atoms with Crippen molar-refractivity contribution in [1.29, 1.82) is 0 Å². The monoisotopic (exact) mass is 284 g/mol. The molecule has 0 saturated carbocycles. The lowest BCUT2D eigenvalue weighted by Crippen LogP contribution is -2.47. The number of quaternary nitrogens is 1. The van der Waals surface area contributed by atoms with Crippen molar-refractivity contribution in [2.45, 2.75) is 32.2 Å². The first-order chi connectivity index (χ1) is 9.34. The highest BCUT2D eigenvalue weighted by Gasteiger charge is 2.33. The van der Waals surface area contributed by atoms with Crippen LogP contribution >= 0.6 is 0 Å². The van der Waals surface area contributed by atoms with Gasteiger partial charge in [0.2, 0.25) is 6.29 Å². The first-order valence-electron chi connectivity index (χ1n) is 6.58. The van der Waals surface area contributed by atoms with E-state index in [9.17, 15) is 9.59 Å². The molecule has 0 radical (unpaired) electrons. The van der Waals surface area contributed by atoms with Gasteiger partial charge in [-0.25, -0.2) is 4.79 Å². The van der Waals surface area contributed by atoms with Crippen LogP contribution in [0, 0.1) is 12.3 Å². The highest BCUT2D eigenvalue weighted by molar-refractivity contribution is 5.71. The van der Waals surface area contributed by atoms with E-state index in [4.69, 9.17) is 20.6 Å². The molecule has 20 heavy (non-hydrogen) atoms. The smallest absolute Gasteiger partial charge is 0.364 e. The molecule has 0 aromatic rings. The number of hydrogen-bond donors (Lipinski definition) is 0. The molecule has 112 valence electrons. The second kappa shape index (κ2) is 7.27. The molecule has 0 amide bonds. The van der Waals surface area contributed by atoms with Crippen molar-refractivity contribution in [3.8, 4) is 12.3 Å². The van der Waals surface area contributed by atoms with Gasteiger partial charge in [-0.3, -0.25) is 4.79 Å². The molecule has 0 bridgehead atoms. The maximum absolute atomic E-state index is 11.9. The Morgan fingerprint density at radius 1 is 1.40 bits per heavy atom. The summed E-state index contributed by atoms with van der Waals surface area (Å²) in [6.07, 6.45) is 5.28. The van der Waals surface area contributed by atoms with Crippen LogP contribution in [0.15, 0.2) is 0 Å². The first-order valence-corrected chi connectivity index (χ1v) is 6.58. The van der Waals surface area contributed by atoms with E-state index in [1.54, 1.807) is 0 Å². The van der Waals surface area contributed by atoms with Crippen molar-refractivity contribution >= 4 is 11.9 Å². The summed E-state index contributed by atoms with van der Waals surface area (Å²) in [7, 11) is 3.68. The number of nitrogens with zero attached hydrogens (tertiary/aromatic N) is 1. The quantitative estimate of drug-likeness (QED) is 0.413. The van der Waals surface area contributed by atoms with Crippen molar-refractivity contribution < 1.29 is 28.3 Å². The Morgan fingerprint density at radius 3 is 2.70 bits per heavy atom. The normalized spacial score (nSPS) is 22.7. The number of hydrogen-bond acceptors (Lipinski definition) is 5. The third-order valence-electron chi connectivity index (χ3n) is 2.86.